The van der Waals surface area contributed by atoms with Crippen LogP contribution in [0.1, 0.15) is 53.1 Å². The summed E-state index contributed by atoms with van der Waals surface area (Å²) >= 11 is 1.42. The van der Waals surface area contributed by atoms with E-state index in [2.05, 4.69) is 10.6 Å². The normalized spacial score (nSPS) is 15.0. The van der Waals surface area contributed by atoms with Gasteiger partial charge in [-0.2, -0.15) is 0 Å². The van der Waals surface area contributed by atoms with Gasteiger partial charge in [0.05, 0.1) is 5.56 Å². The summed E-state index contributed by atoms with van der Waals surface area (Å²) in [4.78, 5) is 38.1. The largest absolute Gasteiger partial charge is 0.454 e. The van der Waals surface area contributed by atoms with Crippen molar-refractivity contribution in [3.8, 4) is 11.5 Å². The van der Waals surface area contributed by atoms with Crippen LogP contribution in [0.25, 0.3) is 0 Å². The summed E-state index contributed by atoms with van der Waals surface area (Å²) in [6, 6.07) is 5.43. The van der Waals surface area contributed by atoms with E-state index in [9.17, 15) is 14.4 Å². The number of nitrogens with one attached hydrogen (secondary N) is 2. The molecule has 0 saturated heterocycles. The van der Waals surface area contributed by atoms with Gasteiger partial charge in [0.1, 0.15) is 5.00 Å². The molecule has 0 fully saturated rings. The Morgan fingerprint density at radius 2 is 1.94 bits per heavy atom. The number of amides is 2. The third-order valence-corrected chi connectivity index (χ3v) is 6.43. The lowest BCUT2D eigenvalue weighted by Gasteiger charge is -2.16. The van der Waals surface area contributed by atoms with E-state index in [1.165, 1.54) is 25.2 Å². The van der Waals surface area contributed by atoms with Crippen LogP contribution in [-0.2, 0) is 33.7 Å². The number of esters is 1. The Labute approximate surface area is 183 Å². The fourth-order valence-electron chi connectivity index (χ4n) is 3.69. The number of thiophene rings is 1. The minimum atomic E-state index is -0.981. The summed E-state index contributed by atoms with van der Waals surface area (Å²) in [6.07, 6.45) is 2.70. The predicted molar refractivity (Wildman–Crippen MR) is 115 cm³/mol. The van der Waals surface area contributed by atoms with Crippen molar-refractivity contribution in [3.05, 3.63) is 39.8 Å². The fraction of sp³-hybridized carbons (Fsp3) is 0.409. The highest BCUT2D eigenvalue weighted by Gasteiger charge is 2.29. The minimum Gasteiger partial charge on any atom is -0.454 e. The quantitative estimate of drug-likeness (QED) is 0.664. The maximum Gasteiger partial charge on any atom is 0.342 e. The van der Waals surface area contributed by atoms with E-state index in [1.807, 2.05) is 6.07 Å². The number of ether oxygens (including phenoxy) is 3. The number of fused-ring (bicyclic) bond motifs is 2. The first-order valence-corrected chi connectivity index (χ1v) is 11.0. The number of benzene rings is 1. The van der Waals surface area contributed by atoms with Gasteiger partial charge >= 0.3 is 5.97 Å². The van der Waals surface area contributed by atoms with Crippen molar-refractivity contribution in [2.24, 2.45) is 0 Å². The van der Waals surface area contributed by atoms with Crippen LogP contribution >= 0.6 is 11.3 Å². The Kier molecular flexibility index (Phi) is 6.13. The van der Waals surface area contributed by atoms with Gasteiger partial charge in [-0.3, -0.25) is 9.59 Å². The summed E-state index contributed by atoms with van der Waals surface area (Å²) in [5, 5.41) is 6.00. The number of aryl methyl sites for hydroxylation is 1. The first-order chi connectivity index (χ1) is 14.9. The van der Waals surface area contributed by atoms with Crippen molar-refractivity contribution in [1.82, 2.24) is 5.32 Å². The lowest BCUT2D eigenvalue weighted by atomic mass is 9.95. The first-order valence-electron chi connectivity index (χ1n) is 10.2. The highest BCUT2D eigenvalue weighted by atomic mass is 32.1. The molecule has 0 radical (unpaired) electrons. The minimum absolute atomic E-state index is 0.185. The molecule has 1 aromatic carbocycles. The van der Waals surface area contributed by atoms with Gasteiger partial charge in [0.2, 0.25) is 12.7 Å². The van der Waals surface area contributed by atoms with E-state index in [-0.39, 0.29) is 19.2 Å². The van der Waals surface area contributed by atoms with Crippen LogP contribution in [0.3, 0.4) is 0 Å². The van der Waals surface area contributed by atoms with Crippen molar-refractivity contribution in [1.29, 1.82) is 0 Å². The molecule has 0 bridgehead atoms. The van der Waals surface area contributed by atoms with Gasteiger partial charge in [-0.15, -0.1) is 11.3 Å². The fourth-order valence-corrected chi connectivity index (χ4v) is 5.01. The Bertz CT molecular complexity index is 1030. The molecule has 2 aliphatic rings. The molecule has 1 aromatic heterocycles. The van der Waals surface area contributed by atoms with Crippen LogP contribution in [0.4, 0.5) is 5.00 Å². The second-order valence-corrected chi connectivity index (χ2v) is 8.65. The SMILES string of the molecule is CC(=O)Nc1sc2c(c1C(=O)OC(C)C(=O)NCc1ccc3c(c1)OCO3)CCCC2. The molecule has 1 unspecified atom stereocenters. The molecule has 1 aliphatic heterocycles. The molecular weight excluding hydrogens is 420 g/mol. The Hall–Kier alpha value is -3.07. The summed E-state index contributed by atoms with van der Waals surface area (Å²) < 4.78 is 16.1. The van der Waals surface area contributed by atoms with E-state index in [0.717, 1.165) is 41.7 Å². The second-order valence-electron chi connectivity index (χ2n) is 7.55. The Morgan fingerprint density at radius 1 is 1.16 bits per heavy atom. The zero-order valence-electron chi connectivity index (χ0n) is 17.4. The van der Waals surface area contributed by atoms with Gasteiger partial charge in [0.25, 0.3) is 5.91 Å². The van der Waals surface area contributed by atoms with Gasteiger partial charge in [0.15, 0.2) is 17.6 Å². The molecule has 1 aliphatic carbocycles. The van der Waals surface area contributed by atoms with Crippen LogP contribution in [0.15, 0.2) is 18.2 Å². The maximum atomic E-state index is 12.9. The van der Waals surface area contributed by atoms with E-state index < -0.39 is 18.0 Å². The summed E-state index contributed by atoms with van der Waals surface area (Å²) in [5.41, 5.74) is 2.15. The average Bonchev–Trinajstić information content (AvgIpc) is 3.34. The third-order valence-electron chi connectivity index (χ3n) is 5.22. The lowest BCUT2D eigenvalue weighted by Crippen LogP contribution is -2.35. The smallest absolute Gasteiger partial charge is 0.342 e. The number of carbonyl (C=O) groups excluding carboxylic acids is 3. The highest BCUT2D eigenvalue weighted by Crippen LogP contribution is 2.38. The van der Waals surface area contributed by atoms with Gasteiger partial charge in [-0.25, -0.2) is 4.79 Å². The molecule has 2 aromatic rings. The number of anilines is 1. The number of hydrogen-bond donors (Lipinski definition) is 2. The molecule has 1 atom stereocenters. The van der Waals surface area contributed by atoms with Gasteiger partial charge in [-0.05, 0) is 55.9 Å². The van der Waals surface area contributed by atoms with Crippen LogP contribution in [0, 0.1) is 0 Å². The lowest BCUT2D eigenvalue weighted by molar-refractivity contribution is -0.129. The van der Waals surface area contributed by atoms with Crippen molar-refractivity contribution >= 4 is 34.1 Å². The maximum absolute atomic E-state index is 12.9. The average molecular weight is 445 g/mol. The van der Waals surface area contributed by atoms with Crippen LogP contribution < -0.4 is 20.1 Å². The highest BCUT2D eigenvalue weighted by molar-refractivity contribution is 7.17. The first kappa shape index (κ1) is 21.2. The van der Waals surface area contributed by atoms with E-state index in [0.29, 0.717) is 22.1 Å². The third kappa shape index (κ3) is 4.66. The van der Waals surface area contributed by atoms with Gasteiger partial charge < -0.3 is 24.8 Å². The topological polar surface area (TPSA) is 103 Å². The Balaban J connectivity index is 1.40. The van der Waals surface area contributed by atoms with Gasteiger partial charge in [-0.1, -0.05) is 6.07 Å². The van der Waals surface area contributed by atoms with Crippen molar-refractivity contribution in [3.63, 3.8) is 0 Å². The second kappa shape index (κ2) is 8.97. The molecule has 8 nitrogen and oxygen atoms in total. The van der Waals surface area contributed by atoms with Crippen LogP contribution in [-0.4, -0.2) is 30.7 Å². The molecule has 2 N–H and O–H groups in total. The molecule has 0 spiro atoms. The molecule has 9 heteroatoms. The van der Waals surface area contributed by atoms with Crippen molar-refractivity contribution in [2.45, 2.75) is 52.2 Å². The summed E-state index contributed by atoms with van der Waals surface area (Å²) in [5.74, 6) is 0.0673. The zero-order chi connectivity index (χ0) is 22.0. The van der Waals surface area contributed by atoms with Crippen LogP contribution in [0.2, 0.25) is 0 Å². The molecule has 31 heavy (non-hydrogen) atoms. The number of hydrogen-bond acceptors (Lipinski definition) is 7. The summed E-state index contributed by atoms with van der Waals surface area (Å²) in [6.45, 7) is 3.39. The van der Waals surface area contributed by atoms with Crippen molar-refractivity contribution in [2.75, 3.05) is 12.1 Å². The van der Waals surface area contributed by atoms with E-state index in [4.69, 9.17) is 14.2 Å². The van der Waals surface area contributed by atoms with Gasteiger partial charge in [0, 0.05) is 18.3 Å². The molecule has 2 heterocycles. The molecule has 4 rings (SSSR count). The number of carbonyl (C=O) groups is 3. The zero-order valence-corrected chi connectivity index (χ0v) is 18.2. The van der Waals surface area contributed by atoms with E-state index in [1.54, 1.807) is 12.1 Å². The predicted octanol–water partition coefficient (Wildman–Crippen LogP) is 3.18. The molecule has 164 valence electrons. The summed E-state index contributed by atoms with van der Waals surface area (Å²) in [7, 11) is 0. The molecular formula is C22H24N2O6S. The Morgan fingerprint density at radius 3 is 2.74 bits per heavy atom. The van der Waals surface area contributed by atoms with Crippen LogP contribution in [0.5, 0.6) is 11.5 Å². The molecule has 2 amide bonds. The van der Waals surface area contributed by atoms with Crippen molar-refractivity contribution < 1.29 is 28.6 Å². The monoisotopic (exact) mass is 444 g/mol. The molecule has 0 saturated carbocycles. The van der Waals surface area contributed by atoms with E-state index >= 15 is 0 Å². The standard InChI is InChI=1S/C22H24N2O6S/c1-12(20(26)23-10-14-7-8-16-17(9-14)29-11-28-16)30-22(27)19-15-5-3-4-6-18(15)31-21(19)24-13(2)25/h7-9,12H,3-6,10-11H2,1-2H3,(H,23,26)(H,24,25). The number of rotatable bonds is 6.